The molecule has 3 aromatic carbocycles. The molecule has 4 aromatic rings. The Morgan fingerprint density at radius 3 is 2.49 bits per heavy atom. The highest BCUT2D eigenvalue weighted by molar-refractivity contribution is 7.17. The van der Waals surface area contributed by atoms with Crippen LogP contribution in [-0.4, -0.2) is 39.8 Å². The molecule has 1 aromatic heterocycles. The summed E-state index contributed by atoms with van der Waals surface area (Å²) in [5, 5.41) is 23.1. The number of nitrogens with zero attached hydrogens (tertiary/aromatic N) is 3. The van der Waals surface area contributed by atoms with Gasteiger partial charge in [-0.15, -0.1) is 0 Å². The Morgan fingerprint density at radius 2 is 1.81 bits per heavy atom. The first-order chi connectivity index (χ1) is 20.6. The topological polar surface area (TPSA) is 149 Å². The molecule has 1 fully saturated rings. The number of nitro benzene ring substituents is 1. The molecule has 218 valence electrons. The number of hydrogen-bond acceptors (Lipinski definition) is 10. The van der Waals surface area contributed by atoms with E-state index >= 15 is 0 Å². The SMILES string of the molecule is COC(=O)c1sc(N2C(=O)C(=O)/C(=C(/O)c3ccc(OCc4ccccc4)c(C)c3)[C@H]2c2cccc([N+](=O)[O-])c2)nc1C. The number of Topliss-reactive ketones (excluding diaryl/α,β-unsaturated/α-hetero) is 1. The quantitative estimate of drug-likeness (QED) is 0.0676. The van der Waals surface area contributed by atoms with Crippen molar-refractivity contribution in [2.24, 2.45) is 0 Å². The molecular weight excluding hydrogens is 574 g/mol. The fourth-order valence-corrected chi connectivity index (χ4v) is 5.78. The maximum absolute atomic E-state index is 13.5. The minimum absolute atomic E-state index is 0.00334. The van der Waals surface area contributed by atoms with Gasteiger partial charge in [-0.05, 0) is 48.7 Å². The van der Waals surface area contributed by atoms with Crippen molar-refractivity contribution in [1.82, 2.24) is 4.98 Å². The average molecular weight is 600 g/mol. The Bertz CT molecular complexity index is 1800. The van der Waals surface area contributed by atoms with E-state index in [4.69, 9.17) is 9.47 Å². The summed E-state index contributed by atoms with van der Waals surface area (Å²) < 4.78 is 10.7. The summed E-state index contributed by atoms with van der Waals surface area (Å²) in [4.78, 5) is 55.7. The number of aryl methyl sites for hydroxylation is 2. The van der Waals surface area contributed by atoms with E-state index in [1.807, 2.05) is 30.3 Å². The molecule has 0 radical (unpaired) electrons. The fourth-order valence-electron chi connectivity index (χ4n) is 4.77. The minimum Gasteiger partial charge on any atom is -0.507 e. The van der Waals surface area contributed by atoms with E-state index in [0.717, 1.165) is 21.8 Å². The molecule has 0 saturated carbocycles. The largest absolute Gasteiger partial charge is 0.507 e. The zero-order chi connectivity index (χ0) is 30.8. The van der Waals surface area contributed by atoms with E-state index in [0.29, 0.717) is 17.9 Å². The second-order valence-corrected chi connectivity index (χ2v) is 10.7. The summed E-state index contributed by atoms with van der Waals surface area (Å²) in [6.07, 6.45) is 0. The van der Waals surface area contributed by atoms with Gasteiger partial charge in [-0.1, -0.05) is 53.8 Å². The minimum atomic E-state index is -1.27. The van der Waals surface area contributed by atoms with Crippen molar-refractivity contribution in [2.45, 2.75) is 26.5 Å². The Morgan fingerprint density at radius 1 is 1.07 bits per heavy atom. The van der Waals surface area contributed by atoms with E-state index < -0.39 is 34.4 Å². The summed E-state index contributed by atoms with van der Waals surface area (Å²) in [6, 6.07) is 18.6. The number of benzene rings is 3. The number of thiazole rings is 1. The lowest BCUT2D eigenvalue weighted by Gasteiger charge is -2.23. The van der Waals surface area contributed by atoms with Gasteiger partial charge in [-0.3, -0.25) is 24.6 Å². The molecule has 5 rings (SSSR count). The molecule has 0 bridgehead atoms. The second-order valence-electron chi connectivity index (χ2n) is 9.68. The molecule has 1 saturated heterocycles. The highest BCUT2D eigenvalue weighted by Crippen LogP contribution is 2.44. The molecule has 0 aliphatic carbocycles. The number of hydrogen-bond donors (Lipinski definition) is 1. The zero-order valence-electron chi connectivity index (χ0n) is 23.3. The van der Waals surface area contributed by atoms with Gasteiger partial charge in [0.1, 0.15) is 23.0 Å². The molecule has 2 heterocycles. The predicted octanol–water partition coefficient (Wildman–Crippen LogP) is 5.66. The third-order valence-corrected chi connectivity index (χ3v) is 8.03. The average Bonchev–Trinajstić information content (AvgIpc) is 3.52. The van der Waals surface area contributed by atoms with E-state index in [1.54, 1.807) is 32.0 Å². The van der Waals surface area contributed by atoms with Crippen LogP contribution in [0.15, 0.2) is 78.4 Å². The number of methoxy groups -OCH3 is 1. The van der Waals surface area contributed by atoms with Crippen molar-refractivity contribution < 1.29 is 33.9 Å². The Labute approximate surface area is 249 Å². The Balaban J connectivity index is 1.60. The van der Waals surface area contributed by atoms with Gasteiger partial charge in [0.15, 0.2) is 5.13 Å². The molecule has 0 unspecified atom stereocenters. The van der Waals surface area contributed by atoms with Gasteiger partial charge in [0.2, 0.25) is 0 Å². The van der Waals surface area contributed by atoms with Crippen LogP contribution in [0.4, 0.5) is 10.8 Å². The molecule has 12 heteroatoms. The van der Waals surface area contributed by atoms with Gasteiger partial charge in [0.05, 0.1) is 29.3 Å². The standard InChI is InChI=1S/C31H25N3O8S/c1-17-14-21(12-13-23(17)42-16-19-8-5-4-6-9-19)26(35)24-25(20-10-7-11-22(15-20)34(39)40)33(29(37)27(24)36)31-32-18(2)28(43-31)30(38)41-3/h4-15,25,35H,16H2,1-3H3/b26-24+/t25-/m1/s1. The number of rotatable bonds is 8. The number of carbonyl (C=O) groups excluding carboxylic acids is 3. The summed E-state index contributed by atoms with van der Waals surface area (Å²) in [5.74, 6) is -2.61. The van der Waals surface area contributed by atoms with Gasteiger partial charge in [0.25, 0.3) is 11.5 Å². The smallest absolute Gasteiger partial charge is 0.350 e. The van der Waals surface area contributed by atoms with Gasteiger partial charge >= 0.3 is 11.9 Å². The van der Waals surface area contributed by atoms with E-state index in [1.165, 1.54) is 31.4 Å². The van der Waals surface area contributed by atoms with Crippen LogP contribution in [0.3, 0.4) is 0 Å². The van der Waals surface area contributed by atoms with Crippen LogP contribution in [0.1, 0.15) is 43.7 Å². The van der Waals surface area contributed by atoms with Gasteiger partial charge < -0.3 is 14.6 Å². The molecule has 1 atom stereocenters. The van der Waals surface area contributed by atoms with Crippen molar-refractivity contribution in [3.05, 3.63) is 121 Å². The number of ether oxygens (including phenoxy) is 2. The number of amides is 1. The van der Waals surface area contributed by atoms with Gasteiger partial charge in [0, 0.05) is 17.7 Å². The molecular formula is C31H25N3O8S. The molecule has 43 heavy (non-hydrogen) atoms. The Hall–Kier alpha value is -5.36. The number of carbonyl (C=O) groups is 3. The molecule has 1 aliphatic heterocycles. The zero-order valence-corrected chi connectivity index (χ0v) is 24.1. The number of nitro groups is 1. The second kappa shape index (κ2) is 11.9. The van der Waals surface area contributed by atoms with Crippen molar-refractivity contribution >= 4 is 45.6 Å². The number of aliphatic hydroxyl groups is 1. The maximum atomic E-state index is 13.5. The summed E-state index contributed by atoms with van der Waals surface area (Å²) in [5.41, 5.74) is 1.79. The first-order valence-electron chi connectivity index (χ1n) is 13.0. The summed E-state index contributed by atoms with van der Waals surface area (Å²) >= 11 is 0.834. The number of aromatic nitrogens is 1. The molecule has 1 N–H and O–H groups in total. The van der Waals surface area contributed by atoms with Gasteiger partial charge in [-0.2, -0.15) is 0 Å². The number of non-ortho nitro benzene ring substituents is 1. The van der Waals surface area contributed by atoms with Crippen LogP contribution in [0.25, 0.3) is 5.76 Å². The third-order valence-electron chi connectivity index (χ3n) is 6.89. The molecule has 1 amide bonds. The number of ketones is 1. The van der Waals surface area contributed by atoms with Crippen LogP contribution in [0.5, 0.6) is 5.75 Å². The number of aliphatic hydroxyl groups excluding tert-OH is 1. The lowest BCUT2D eigenvalue weighted by atomic mass is 9.94. The highest BCUT2D eigenvalue weighted by Gasteiger charge is 2.48. The Kier molecular flexibility index (Phi) is 8.04. The first-order valence-corrected chi connectivity index (χ1v) is 13.8. The molecule has 0 spiro atoms. The van der Waals surface area contributed by atoms with Crippen molar-refractivity contribution in [3.63, 3.8) is 0 Å². The van der Waals surface area contributed by atoms with Crippen LogP contribution in [-0.2, 0) is 20.9 Å². The highest BCUT2D eigenvalue weighted by atomic mass is 32.1. The van der Waals surface area contributed by atoms with Crippen molar-refractivity contribution in [2.75, 3.05) is 12.0 Å². The van der Waals surface area contributed by atoms with E-state index in [-0.39, 0.29) is 38.1 Å². The lowest BCUT2D eigenvalue weighted by molar-refractivity contribution is -0.384. The van der Waals surface area contributed by atoms with Crippen LogP contribution in [0, 0.1) is 24.0 Å². The number of anilines is 1. The molecule has 11 nitrogen and oxygen atoms in total. The van der Waals surface area contributed by atoms with Crippen molar-refractivity contribution in [3.8, 4) is 5.75 Å². The lowest BCUT2D eigenvalue weighted by Crippen LogP contribution is -2.29. The van der Waals surface area contributed by atoms with Crippen LogP contribution >= 0.6 is 11.3 Å². The monoisotopic (exact) mass is 599 g/mol. The third kappa shape index (κ3) is 5.60. The maximum Gasteiger partial charge on any atom is 0.350 e. The van der Waals surface area contributed by atoms with Gasteiger partial charge in [-0.25, -0.2) is 9.78 Å². The summed E-state index contributed by atoms with van der Waals surface area (Å²) in [6.45, 7) is 3.65. The van der Waals surface area contributed by atoms with Crippen LogP contribution in [0.2, 0.25) is 0 Å². The summed E-state index contributed by atoms with van der Waals surface area (Å²) in [7, 11) is 1.20. The normalized spacial score (nSPS) is 15.9. The predicted molar refractivity (Wildman–Crippen MR) is 158 cm³/mol. The fraction of sp³-hybridized carbons (Fsp3) is 0.161. The first kappa shape index (κ1) is 29.1. The molecule has 1 aliphatic rings. The van der Waals surface area contributed by atoms with Crippen molar-refractivity contribution in [1.29, 1.82) is 0 Å². The van der Waals surface area contributed by atoms with E-state index in [2.05, 4.69) is 4.98 Å². The van der Waals surface area contributed by atoms with Crippen LogP contribution < -0.4 is 9.64 Å². The van der Waals surface area contributed by atoms with E-state index in [9.17, 15) is 29.6 Å². The number of esters is 1.